The Kier molecular flexibility index (Phi) is 5.41. The van der Waals surface area contributed by atoms with Crippen LogP contribution in [0.25, 0.3) is 20.5 Å². The second kappa shape index (κ2) is 7.75. The van der Waals surface area contributed by atoms with Gasteiger partial charge < -0.3 is 23.7 Å². The molecule has 3 aromatic rings. The van der Waals surface area contributed by atoms with Crippen LogP contribution in [0.15, 0.2) is 35.1 Å². The highest BCUT2D eigenvalue weighted by Gasteiger charge is 2.20. The van der Waals surface area contributed by atoms with E-state index < -0.39 is 0 Å². The van der Waals surface area contributed by atoms with E-state index in [1.165, 1.54) is 25.6 Å². The quantitative estimate of drug-likeness (QED) is 0.637. The maximum absolute atomic E-state index is 12.9. The van der Waals surface area contributed by atoms with Gasteiger partial charge in [0.2, 0.25) is 5.75 Å². The lowest BCUT2D eigenvalue weighted by Gasteiger charge is -2.15. The third-order valence-electron chi connectivity index (χ3n) is 4.19. The molecular formula is C20H20O6S. The van der Waals surface area contributed by atoms with Gasteiger partial charge in [-0.15, -0.1) is 11.3 Å². The first-order chi connectivity index (χ1) is 13.1. The summed E-state index contributed by atoms with van der Waals surface area (Å²) >= 11 is 1.45. The molecule has 1 aromatic heterocycles. The minimum atomic E-state index is -0.161. The lowest BCUT2D eigenvalue weighted by molar-refractivity contribution is 0.327. The first-order valence-corrected chi connectivity index (χ1v) is 8.88. The number of hydrogen-bond acceptors (Lipinski definition) is 7. The van der Waals surface area contributed by atoms with E-state index in [1.54, 1.807) is 33.5 Å². The summed E-state index contributed by atoms with van der Waals surface area (Å²) in [7, 11) is 7.72. The molecule has 27 heavy (non-hydrogen) atoms. The van der Waals surface area contributed by atoms with Crippen LogP contribution in [0.5, 0.6) is 28.7 Å². The van der Waals surface area contributed by atoms with Crippen molar-refractivity contribution in [1.82, 2.24) is 0 Å². The highest BCUT2D eigenvalue weighted by atomic mass is 32.1. The zero-order chi connectivity index (χ0) is 19.6. The fraction of sp³-hybridized carbons (Fsp3) is 0.250. The first-order valence-electron chi connectivity index (χ1n) is 8.07. The molecule has 0 N–H and O–H groups in total. The molecule has 0 unspecified atom stereocenters. The van der Waals surface area contributed by atoms with Crippen molar-refractivity contribution in [2.45, 2.75) is 0 Å². The van der Waals surface area contributed by atoms with Gasteiger partial charge in [0, 0.05) is 21.7 Å². The van der Waals surface area contributed by atoms with E-state index in [-0.39, 0.29) is 5.43 Å². The molecule has 0 fully saturated rings. The Morgan fingerprint density at radius 2 is 1.37 bits per heavy atom. The molecule has 0 saturated carbocycles. The van der Waals surface area contributed by atoms with Crippen LogP contribution < -0.4 is 29.1 Å². The predicted octanol–water partition coefficient (Wildman–Crippen LogP) is 3.97. The Balaban J connectivity index is 2.28. The maximum atomic E-state index is 12.9. The minimum Gasteiger partial charge on any atom is -0.493 e. The molecule has 0 aliphatic carbocycles. The van der Waals surface area contributed by atoms with Gasteiger partial charge in [0.1, 0.15) is 0 Å². The number of benzene rings is 2. The summed E-state index contributed by atoms with van der Waals surface area (Å²) in [5.74, 6) is 2.49. The summed E-state index contributed by atoms with van der Waals surface area (Å²) in [6, 6.07) is 8.91. The average Bonchev–Trinajstić information content (AvgIpc) is 2.71. The minimum absolute atomic E-state index is 0.161. The fourth-order valence-electron chi connectivity index (χ4n) is 2.92. The van der Waals surface area contributed by atoms with Crippen molar-refractivity contribution >= 4 is 21.4 Å². The molecule has 0 atom stereocenters. The molecule has 6 nitrogen and oxygen atoms in total. The van der Waals surface area contributed by atoms with Crippen molar-refractivity contribution in [3.63, 3.8) is 0 Å². The summed E-state index contributed by atoms with van der Waals surface area (Å²) in [6.45, 7) is 0. The van der Waals surface area contributed by atoms with Gasteiger partial charge in [-0.25, -0.2) is 0 Å². The molecule has 0 radical (unpaired) electrons. The molecule has 0 saturated heterocycles. The lowest BCUT2D eigenvalue weighted by atomic mass is 10.1. The van der Waals surface area contributed by atoms with Gasteiger partial charge in [0.25, 0.3) is 0 Å². The molecule has 142 valence electrons. The van der Waals surface area contributed by atoms with E-state index in [4.69, 9.17) is 23.7 Å². The number of ether oxygens (including phenoxy) is 5. The molecule has 0 spiro atoms. The van der Waals surface area contributed by atoms with Crippen molar-refractivity contribution in [3.8, 4) is 39.2 Å². The molecule has 2 aromatic carbocycles. The van der Waals surface area contributed by atoms with E-state index in [9.17, 15) is 4.79 Å². The van der Waals surface area contributed by atoms with Gasteiger partial charge in [-0.2, -0.15) is 0 Å². The third-order valence-corrected chi connectivity index (χ3v) is 5.31. The molecule has 1 heterocycles. The van der Waals surface area contributed by atoms with Crippen LogP contribution in [-0.4, -0.2) is 35.5 Å². The Morgan fingerprint density at radius 3 is 1.96 bits per heavy atom. The SMILES string of the molecule is COc1ccc(-c2cc(=O)c3c(OC)c(OC)c(OC)cc3s2)cc1OC. The topological polar surface area (TPSA) is 63.2 Å². The maximum Gasteiger partial charge on any atom is 0.204 e. The van der Waals surface area contributed by atoms with Gasteiger partial charge in [-0.3, -0.25) is 4.79 Å². The van der Waals surface area contributed by atoms with Crippen LogP contribution in [0.3, 0.4) is 0 Å². The van der Waals surface area contributed by atoms with Crippen molar-refractivity contribution in [1.29, 1.82) is 0 Å². The fourth-order valence-corrected chi connectivity index (χ4v) is 4.03. The molecule has 3 rings (SSSR count). The standard InChI is InChI=1S/C20H20O6S/c1-22-13-7-6-11(8-14(13)23-2)16-9-12(21)18-17(27-16)10-15(24-3)19(25-4)20(18)26-5/h6-10H,1-5H3. The number of hydrogen-bond donors (Lipinski definition) is 0. The summed E-state index contributed by atoms with van der Waals surface area (Å²) in [4.78, 5) is 13.7. The molecule has 0 amide bonds. The monoisotopic (exact) mass is 388 g/mol. The van der Waals surface area contributed by atoms with E-state index in [0.717, 1.165) is 15.1 Å². The Bertz CT molecular complexity index is 1040. The largest absolute Gasteiger partial charge is 0.493 e. The smallest absolute Gasteiger partial charge is 0.204 e. The summed E-state index contributed by atoms with van der Waals surface area (Å²) in [5, 5.41) is 0.462. The van der Waals surface area contributed by atoms with Gasteiger partial charge >= 0.3 is 0 Å². The van der Waals surface area contributed by atoms with Crippen LogP contribution >= 0.6 is 11.3 Å². The van der Waals surface area contributed by atoms with Crippen LogP contribution in [0, 0.1) is 0 Å². The zero-order valence-corrected chi connectivity index (χ0v) is 16.6. The van der Waals surface area contributed by atoms with Gasteiger partial charge in [-0.1, -0.05) is 0 Å². The summed E-state index contributed by atoms with van der Waals surface area (Å²) < 4.78 is 27.6. The molecular weight excluding hydrogens is 368 g/mol. The molecule has 0 aliphatic rings. The Labute approximate surface area is 160 Å². The number of rotatable bonds is 6. The zero-order valence-electron chi connectivity index (χ0n) is 15.7. The van der Waals surface area contributed by atoms with Crippen molar-refractivity contribution < 1.29 is 23.7 Å². The first kappa shape index (κ1) is 18.8. The third kappa shape index (κ3) is 3.26. The number of fused-ring (bicyclic) bond motifs is 1. The van der Waals surface area contributed by atoms with Crippen molar-refractivity contribution in [3.05, 3.63) is 40.6 Å². The lowest BCUT2D eigenvalue weighted by Crippen LogP contribution is -2.04. The molecule has 7 heteroatoms. The van der Waals surface area contributed by atoms with E-state index >= 15 is 0 Å². The van der Waals surface area contributed by atoms with Gasteiger partial charge in [-0.05, 0) is 23.8 Å². The highest BCUT2D eigenvalue weighted by Crippen LogP contribution is 2.44. The molecule has 0 bridgehead atoms. The predicted molar refractivity (Wildman–Crippen MR) is 106 cm³/mol. The van der Waals surface area contributed by atoms with Gasteiger partial charge in [0.05, 0.1) is 40.9 Å². The summed E-state index contributed by atoms with van der Waals surface area (Å²) in [6.07, 6.45) is 0. The molecule has 0 aliphatic heterocycles. The normalized spacial score (nSPS) is 10.6. The van der Waals surface area contributed by atoms with E-state index in [2.05, 4.69) is 0 Å². The second-order valence-corrected chi connectivity index (χ2v) is 6.65. The van der Waals surface area contributed by atoms with Gasteiger partial charge in [0.15, 0.2) is 28.4 Å². The van der Waals surface area contributed by atoms with Crippen LogP contribution in [-0.2, 0) is 0 Å². The Hall–Kier alpha value is -2.93. The number of methoxy groups -OCH3 is 5. The second-order valence-electron chi connectivity index (χ2n) is 5.56. The van der Waals surface area contributed by atoms with Crippen LogP contribution in [0.4, 0.5) is 0 Å². The van der Waals surface area contributed by atoms with Crippen molar-refractivity contribution in [2.24, 2.45) is 0 Å². The average molecular weight is 388 g/mol. The van der Waals surface area contributed by atoms with Crippen LogP contribution in [0.2, 0.25) is 0 Å². The van der Waals surface area contributed by atoms with Crippen molar-refractivity contribution in [2.75, 3.05) is 35.5 Å². The van der Waals surface area contributed by atoms with E-state index in [1.807, 2.05) is 18.2 Å². The highest BCUT2D eigenvalue weighted by molar-refractivity contribution is 7.21. The Morgan fingerprint density at radius 1 is 0.704 bits per heavy atom. The van der Waals surface area contributed by atoms with E-state index in [0.29, 0.717) is 34.1 Å². The van der Waals surface area contributed by atoms with Crippen LogP contribution in [0.1, 0.15) is 0 Å². The summed E-state index contributed by atoms with van der Waals surface area (Å²) in [5.41, 5.74) is 0.691.